The maximum absolute atomic E-state index is 10.0. The van der Waals surface area contributed by atoms with E-state index in [1.54, 1.807) is 0 Å². The van der Waals surface area contributed by atoms with Crippen molar-refractivity contribution in [3.63, 3.8) is 0 Å². The van der Waals surface area contributed by atoms with Gasteiger partial charge in [-0.3, -0.25) is 0 Å². The van der Waals surface area contributed by atoms with E-state index in [0.29, 0.717) is 6.61 Å². The normalized spacial score (nSPS) is 26.5. The van der Waals surface area contributed by atoms with Crippen molar-refractivity contribution in [2.75, 3.05) is 26.4 Å². The van der Waals surface area contributed by atoms with Gasteiger partial charge in [0, 0.05) is 13.2 Å². The van der Waals surface area contributed by atoms with Crippen LogP contribution in [0.5, 0.6) is 0 Å². The molecule has 0 aromatic rings. The minimum atomic E-state index is -1.20. The Morgan fingerprint density at radius 3 is 1.82 bits per heavy atom. The van der Waals surface area contributed by atoms with E-state index in [2.05, 4.69) is 6.92 Å². The average molecular weight is 477 g/mol. The summed E-state index contributed by atoms with van der Waals surface area (Å²) >= 11 is 0. The number of hydrogen-bond acceptors (Lipinski definition) is 8. The number of ether oxygens (including phenoxy) is 3. The van der Waals surface area contributed by atoms with Gasteiger partial charge in [0.15, 0.2) is 6.29 Å². The molecule has 0 spiro atoms. The zero-order chi connectivity index (χ0) is 24.3. The topological polar surface area (TPSA) is 140 Å². The predicted molar refractivity (Wildman–Crippen MR) is 131 cm³/mol. The molecule has 3 unspecified atom stereocenters. The highest BCUT2D eigenvalue weighted by molar-refractivity contribution is 4.92. The highest BCUT2D eigenvalue weighted by Crippen LogP contribution is 2.21. The van der Waals surface area contributed by atoms with Crippen LogP contribution in [0.1, 0.15) is 96.8 Å². The number of aliphatic hydroxyl groups excluding tert-OH is 3. The van der Waals surface area contributed by atoms with Crippen LogP contribution in [0.15, 0.2) is 0 Å². The number of rotatable bonds is 21. The predicted octanol–water partition coefficient (Wildman–Crippen LogP) is 2.59. The molecular weight excluding hydrogens is 424 g/mol. The van der Waals surface area contributed by atoms with Gasteiger partial charge >= 0.3 is 0 Å². The van der Waals surface area contributed by atoms with Crippen LogP contribution >= 0.6 is 0 Å². The van der Waals surface area contributed by atoms with Gasteiger partial charge in [-0.15, -0.1) is 0 Å². The van der Waals surface area contributed by atoms with E-state index in [1.165, 1.54) is 77.0 Å². The van der Waals surface area contributed by atoms with Gasteiger partial charge in [0.05, 0.1) is 19.3 Å². The van der Waals surface area contributed by atoms with Crippen molar-refractivity contribution in [2.24, 2.45) is 11.5 Å². The van der Waals surface area contributed by atoms with E-state index >= 15 is 0 Å². The Kier molecular flexibility index (Phi) is 18.5. The lowest BCUT2D eigenvalue weighted by Crippen LogP contribution is -2.63. The molecule has 0 bridgehead atoms. The van der Waals surface area contributed by atoms with Crippen molar-refractivity contribution in [3.8, 4) is 0 Å². The first kappa shape index (κ1) is 30.7. The van der Waals surface area contributed by atoms with Crippen molar-refractivity contribution in [1.82, 2.24) is 0 Å². The molecule has 33 heavy (non-hydrogen) atoms. The first-order valence-corrected chi connectivity index (χ1v) is 13.4. The number of aliphatic hydroxyl groups is 3. The maximum atomic E-state index is 10.0. The van der Waals surface area contributed by atoms with Gasteiger partial charge in [0.1, 0.15) is 24.4 Å². The largest absolute Gasteiger partial charge is 0.394 e. The Morgan fingerprint density at radius 2 is 1.33 bits per heavy atom. The molecule has 0 radical (unpaired) electrons. The van der Waals surface area contributed by atoms with E-state index in [0.717, 1.165) is 12.8 Å². The van der Waals surface area contributed by atoms with Crippen molar-refractivity contribution in [1.29, 1.82) is 0 Å². The second-order valence-electron chi connectivity index (χ2n) is 9.45. The first-order valence-electron chi connectivity index (χ1n) is 13.4. The summed E-state index contributed by atoms with van der Waals surface area (Å²) in [5, 5.41) is 29.5. The summed E-state index contributed by atoms with van der Waals surface area (Å²) in [6.07, 6.45) is 13.7. The van der Waals surface area contributed by atoms with Gasteiger partial charge in [-0.2, -0.15) is 0 Å². The number of unbranched alkanes of at least 4 members (excludes halogenated alkanes) is 13. The van der Waals surface area contributed by atoms with Crippen molar-refractivity contribution >= 4 is 0 Å². The quantitative estimate of drug-likeness (QED) is 0.159. The molecule has 1 heterocycles. The molecule has 8 heteroatoms. The molecule has 7 N–H and O–H groups in total. The van der Waals surface area contributed by atoms with Crippen LogP contribution in [0.2, 0.25) is 0 Å². The summed E-state index contributed by atoms with van der Waals surface area (Å²) in [5.74, 6) is 0. The summed E-state index contributed by atoms with van der Waals surface area (Å²) in [7, 11) is 0. The summed E-state index contributed by atoms with van der Waals surface area (Å²) in [4.78, 5) is 0. The van der Waals surface area contributed by atoms with Crippen molar-refractivity contribution in [2.45, 2.75) is 134 Å². The highest BCUT2D eigenvalue weighted by atomic mass is 16.7. The zero-order valence-electron chi connectivity index (χ0n) is 20.9. The minimum Gasteiger partial charge on any atom is -0.394 e. The van der Waals surface area contributed by atoms with E-state index in [-0.39, 0.29) is 19.8 Å². The standard InChI is InChI=1S/C25H52N2O6/c1-2-3-4-5-6-7-8-9-10-11-12-13-14-15-16-31-19-20(18-28)32-25-22(27)24(30)23(29)21(17-26)33-25/h20-25,28-30H,2-19,26-27H2,1H3/t20?,21?,22?,23-,24-,25-/m1/s1. The summed E-state index contributed by atoms with van der Waals surface area (Å²) in [6.45, 7) is 2.87. The molecule has 1 rings (SSSR count). The lowest BCUT2D eigenvalue weighted by atomic mass is 9.97. The molecule has 1 aliphatic rings. The van der Waals surface area contributed by atoms with Gasteiger partial charge in [0.2, 0.25) is 0 Å². The highest BCUT2D eigenvalue weighted by Gasteiger charge is 2.43. The minimum absolute atomic E-state index is 0.0320. The smallest absolute Gasteiger partial charge is 0.176 e. The third kappa shape index (κ3) is 13.4. The lowest BCUT2D eigenvalue weighted by Gasteiger charge is -2.41. The molecule has 0 aromatic heterocycles. The Hall–Kier alpha value is -0.320. The lowest BCUT2D eigenvalue weighted by molar-refractivity contribution is -0.276. The van der Waals surface area contributed by atoms with E-state index < -0.39 is 36.7 Å². The van der Waals surface area contributed by atoms with Gasteiger partial charge < -0.3 is 41.0 Å². The maximum Gasteiger partial charge on any atom is 0.176 e. The Bertz CT molecular complexity index is 443. The summed E-state index contributed by atoms with van der Waals surface area (Å²) in [5.41, 5.74) is 11.5. The third-order valence-corrected chi connectivity index (χ3v) is 6.46. The fraction of sp³-hybridized carbons (Fsp3) is 1.00. The fourth-order valence-electron chi connectivity index (χ4n) is 4.21. The van der Waals surface area contributed by atoms with Crippen LogP contribution in [-0.4, -0.2) is 78.4 Å². The molecule has 0 aromatic carbocycles. The number of nitrogens with two attached hydrogens (primary N) is 2. The molecule has 8 nitrogen and oxygen atoms in total. The van der Waals surface area contributed by atoms with Gasteiger partial charge in [0.25, 0.3) is 0 Å². The molecular formula is C25H52N2O6. The molecule has 1 saturated heterocycles. The third-order valence-electron chi connectivity index (χ3n) is 6.46. The van der Waals surface area contributed by atoms with Crippen LogP contribution in [0.4, 0.5) is 0 Å². The summed E-state index contributed by atoms with van der Waals surface area (Å²) in [6, 6.07) is -0.928. The van der Waals surface area contributed by atoms with Gasteiger partial charge in [-0.1, -0.05) is 90.4 Å². The Labute approximate surface area is 201 Å². The average Bonchev–Trinajstić information content (AvgIpc) is 2.82. The molecule has 1 fully saturated rings. The van der Waals surface area contributed by atoms with Gasteiger partial charge in [-0.25, -0.2) is 0 Å². The van der Waals surface area contributed by atoms with Crippen LogP contribution in [0.3, 0.4) is 0 Å². The molecule has 0 aliphatic carbocycles. The molecule has 6 atom stereocenters. The van der Waals surface area contributed by atoms with Crippen molar-refractivity contribution in [3.05, 3.63) is 0 Å². The van der Waals surface area contributed by atoms with Crippen LogP contribution in [0, 0.1) is 0 Å². The Balaban J connectivity index is 1.98. The van der Waals surface area contributed by atoms with E-state index in [9.17, 15) is 15.3 Å². The van der Waals surface area contributed by atoms with E-state index in [4.69, 9.17) is 25.7 Å². The molecule has 198 valence electrons. The van der Waals surface area contributed by atoms with Crippen molar-refractivity contribution < 1.29 is 29.5 Å². The second-order valence-corrected chi connectivity index (χ2v) is 9.45. The molecule has 1 aliphatic heterocycles. The monoisotopic (exact) mass is 476 g/mol. The van der Waals surface area contributed by atoms with Gasteiger partial charge in [-0.05, 0) is 6.42 Å². The fourth-order valence-corrected chi connectivity index (χ4v) is 4.21. The van der Waals surface area contributed by atoms with Crippen LogP contribution in [-0.2, 0) is 14.2 Å². The van der Waals surface area contributed by atoms with Crippen LogP contribution in [0.25, 0.3) is 0 Å². The Morgan fingerprint density at radius 1 is 0.818 bits per heavy atom. The molecule has 0 saturated carbocycles. The van der Waals surface area contributed by atoms with E-state index in [1.807, 2.05) is 0 Å². The summed E-state index contributed by atoms with van der Waals surface area (Å²) < 4.78 is 16.9. The SMILES string of the molecule is CCCCCCCCCCCCCCCCOCC(CO)O[C@@H]1OC(CN)[C@@H](O)[C@H](O)C1N. The van der Waals surface area contributed by atoms with Crippen LogP contribution < -0.4 is 11.5 Å². The second kappa shape index (κ2) is 19.9. The number of hydrogen-bond donors (Lipinski definition) is 5. The zero-order valence-corrected chi connectivity index (χ0v) is 20.9. The molecule has 0 amide bonds. The first-order chi connectivity index (χ1) is 16.0.